The van der Waals surface area contributed by atoms with Crippen LogP contribution in [0, 0.1) is 11.8 Å². The summed E-state index contributed by atoms with van der Waals surface area (Å²) in [5.74, 6) is 1.95. The minimum absolute atomic E-state index is 0.971. The molecule has 0 aliphatic carbocycles. The number of hydrogen-bond acceptors (Lipinski definition) is 2. The van der Waals surface area contributed by atoms with Crippen LogP contribution in [0.3, 0.4) is 0 Å². The van der Waals surface area contributed by atoms with Gasteiger partial charge in [0.2, 0.25) is 0 Å². The molecule has 2 heteroatoms. The van der Waals surface area contributed by atoms with Gasteiger partial charge in [0.1, 0.15) is 0 Å². The maximum Gasteiger partial charge on any atom is 0.00106 e. The number of piperidine rings is 2. The molecular formula is C17H36N2. The Morgan fingerprint density at radius 3 is 1.74 bits per heavy atom. The molecule has 2 heterocycles. The highest BCUT2D eigenvalue weighted by Gasteiger charge is 2.22. The van der Waals surface area contributed by atoms with Gasteiger partial charge in [-0.15, -0.1) is 0 Å². The van der Waals surface area contributed by atoms with E-state index in [0.29, 0.717) is 0 Å². The van der Waals surface area contributed by atoms with Gasteiger partial charge in [0.25, 0.3) is 0 Å². The van der Waals surface area contributed by atoms with Gasteiger partial charge >= 0.3 is 0 Å². The molecule has 0 unspecified atom stereocenters. The Kier molecular flexibility index (Phi) is 8.72. The largest absolute Gasteiger partial charge is 0.304 e. The van der Waals surface area contributed by atoms with E-state index in [1.54, 1.807) is 0 Å². The van der Waals surface area contributed by atoms with Crippen molar-refractivity contribution in [3.8, 4) is 0 Å². The Morgan fingerprint density at radius 1 is 0.789 bits per heavy atom. The summed E-state index contributed by atoms with van der Waals surface area (Å²) in [5.41, 5.74) is 0. The van der Waals surface area contributed by atoms with E-state index in [1.165, 1.54) is 71.4 Å². The Balaban J connectivity index is 0.000000550. The van der Waals surface area contributed by atoms with E-state index < -0.39 is 0 Å². The molecule has 0 atom stereocenters. The zero-order valence-corrected chi connectivity index (χ0v) is 13.8. The van der Waals surface area contributed by atoms with Crippen molar-refractivity contribution in [2.24, 2.45) is 11.8 Å². The summed E-state index contributed by atoms with van der Waals surface area (Å²) in [6, 6.07) is 0. The first-order valence-electron chi connectivity index (χ1n) is 8.64. The Morgan fingerprint density at radius 2 is 1.26 bits per heavy atom. The molecule has 0 saturated carbocycles. The average molecular weight is 268 g/mol. The molecule has 0 radical (unpaired) electrons. The molecule has 0 amide bonds. The Labute approximate surface area is 121 Å². The topological polar surface area (TPSA) is 6.48 Å². The third-order valence-electron chi connectivity index (χ3n) is 4.55. The summed E-state index contributed by atoms with van der Waals surface area (Å²) in [6.07, 6.45) is 6.96. The van der Waals surface area contributed by atoms with Crippen LogP contribution in [-0.4, -0.2) is 49.1 Å². The van der Waals surface area contributed by atoms with Gasteiger partial charge in [-0.2, -0.15) is 0 Å². The second-order valence-electron chi connectivity index (χ2n) is 6.57. The van der Waals surface area contributed by atoms with E-state index in [0.717, 1.165) is 11.8 Å². The molecule has 2 saturated heterocycles. The highest BCUT2D eigenvalue weighted by Crippen LogP contribution is 2.22. The summed E-state index contributed by atoms with van der Waals surface area (Å²) in [7, 11) is 0. The van der Waals surface area contributed by atoms with Gasteiger partial charge in [0.05, 0.1) is 0 Å². The Bertz CT molecular complexity index is 201. The molecule has 0 spiro atoms. The lowest BCUT2D eigenvalue weighted by atomic mass is 9.93. The fourth-order valence-corrected chi connectivity index (χ4v) is 3.10. The van der Waals surface area contributed by atoms with Crippen LogP contribution in [0.1, 0.15) is 59.8 Å². The van der Waals surface area contributed by atoms with E-state index in [2.05, 4.69) is 37.5 Å². The van der Waals surface area contributed by atoms with Gasteiger partial charge in [0.15, 0.2) is 0 Å². The molecular weight excluding hydrogens is 232 g/mol. The minimum atomic E-state index is 0.971. The molecule has 2 rings (SSSR count). The first-order chi connectivity index (χ1) is 9.19. The maximum absolute atomic E-state index is 2.71. The lowest BCUT2D eigenvalue weighted by Crippen LogP contribution is -2.41. The van der Waals surface area contributed by atoms with Crippen molar-refractivity contribution < 1.29 is 0 Å². The van der Waals surface area contributed by atoms with Crippen LogP contribution in [0.15, 0.2) is 0 Å². The van der Waals surface area contributed by atoms with Crippen molar-refractivity contribution in [1.29, 1.82) is 0 Å². The number of nitrogens with zero attached hydrogens (tertiary/aromatic N) is 2. The predicted octanol–water partition coefficient (Wildman–Crippen LogP) is 3.87. The Hall–Kier alpha value is -0.0800. The molecule has 114 valence electrons. The summed E-state index contributed by atoms with van der Waals surface area (Å²) in [5, 5.41) is 0. The zero-order valence-electron chi connectivity index (χ0n) is 13.8. The van der Waals surface area contributed by atoms with Gasteiger partial charge in [-0.3, -0.25) is 0 Å². The smallest absolute Gasteiger partial charge is 0.00106 e. The highest BCUT2D eigenvalue weighted by molar-refractivity contribution is 4.77. The molecule has 2 aliphatic heterocycles. The van der Waals surface area contributed by atoms with Crippen LogP contribution in [0.5, 0.6) is 0 Å². The quantitative estimate of drug-likeness (QED) is 0.767. The second kappa shape index (κ2) is 9.77. The van der Waals surface area contributed by atoms with E-state index >= 15 is 0 Å². The van der Waals surface area contributed by atoms with Gasteiger partial charge in [-0.25, -0.2) is 0 Å². The van der Waals surface area contributed by atoms with Crippen molar-refractivity contribution in [3.05, 3.63) is 0 Å². The van der Waals surface area contributed by atoms with Gasteiger partial charge in [-0.05, 0) is 70.2 Å². The fraction of sp³-hybridized carbons (Fsp3) is 1.00. The minimum Gasteiger partial charge on any atom is -0.304 e. The van der Waals surface area contributed by atoms with E-state index in [9.17, 15) is 0 Å². The van der Waals surface area contributed by atoms with Crippen LogP contribution in [-0.2, 0) is 0 Å². The summed E-state index contributed by atoms with van der Waals surface area (Å²) in [4.78, 5) is 5.31. The van der Waals surface area contributed by atoms with Crippen molar-refractivity contribution >= 4 is 0 Å². The molecule has 0 N–H and O–H groups in total. The maximum atomic E-state index is 2.71. The standard InChI is InChI=1S/C14H28N2.C3H8/c1-3-15-10-6-14(7-11-15)12-16-8-4-13(2)5-9-16;1-3-2/h13-14H,3-12H2,1-2H3;3H2,1-2H3. The lowest BCUT2D eigenvalue weighted by molar-refractivity contribution is 0.123. The van der Waals surface area contributed by atoms with Crippen LogP contribution in [0.4, 0.5) is 0 Å². The molecule has 19 heavy (non-hydrogen) atoms. The van der Waals surface area contributed by atoms with Crippen LogP contribution < -0.4 is 0 Å². The SMILES string of the molecule is CCC.CCN1CCC(CN2CCC(C)CC2)CC1. The monoisotopic (exact) mass is 268 g/mol. The van der Waals surface area contributed by atoms with Crippen molar-refractivity contribution in [3.63, 3.8) is 0 Å². The van der Waals surface area contributed by atoms with Gasteiger partial charge in [0, 0.05) is 6.54 Å². The average Bonchev–Trinajstić information content (AvgIpc) is 2.43. The molecule has 0 bridgehead atoms. The first-order valence-corrected chi connectivity index (χ1v) is 8.64. The summed E-state index contributed by atoms with van der Waals surface area (Å²) in [6.45, 7) is 16.9. The molecule has 0 aromatic rings. The summed E-state index contributed by atoms with van der Waals surface area (Å²) >= 11 is 0. The third-order valence-corrected chi connectivity index (χ3v) is 4.55. The van der Waals surface area contributed by atoms with E-state index in [4.69, 9.17) is 0 Å². The first kappa shape index (κ1) is 17.0. The number of hydrogen-bond donors (Lipinski definition) is 0. The lowest BCUT2D eigenvalue weighted by Gasteiger charge is -2.36. The zero-order chi connectivity index (χ0) is 14.1. The predicted molar refractivity (Wildman–Crippen MR) is 85.6 cm³/mol. The normalized spacial score (nSPS) is 24.0. The van der Waals surface area contributed by atoms with Gasteiger partial charge < -0.3 is 9.80 Å². The van der Waals surface area contributed by atoms with Crippen LogP contribution in [0.25, 0.3) is 0 Å². The van der Waals surface area contributed by atoms with Crippen LogP contribution >= 0.6 is 0 Å². The number of likely N-dealkylation sites (tertiary alicyclic amines) is 2. The van der Waals surface area contributed by atoms with Crippen molar-refractivity contribution in [2.75, 3.05) is 39.3 Å². The number of rotatable bonds is 3. The third kappa shape index (κ3) is 6.76. The fourth-order valence-electron chi connectivity index (χ4n) is 3.10. The molecule has 2 aliphatic rings. The van der Waals surface area contributed by atoms with Crippen molar-refractivity contribution in [2.45, 2.75) is 59.8 Å². The highest BCUT2D eigenvalue weighted by atomic mass is 15.1. The van der Waals surface area contributed by atoms with Gasteiger partial charge in [-0.1, -0.05) is 34.1 Å². The molecule has 0 aromatic carbocycles. The second-order valence-corrected chi connectivity index (χ2v) is 6.57. The summed E-state index contributed by atoms with van der Waals surface area (Å²) < 4.78 is 0. The molecule has 2 fully saturated rings. The molecule has 2 nitrogen and oxygen atoms in total. The molecule has 0 aromatic heterocycles. The van der Waals surface area contributed by atoms with E-state index in [-0.39, 0.29) is 0 Å². The van der Waals surface area contributed by atoms with Crippen LogP contribution in [0.2, 0.25) is 0 Å². The van der Waals surface area contributed by atoms with E-state index in [1.807, 2.05) is 0 Å². The van der Waals surface area contributed by atoms with Crippen molar-refractivity contribution in [1.82, 2.24) is 9.80 Å².